The normalized spacial score (nSPS) is 21.8. The van der Waals surface area contributed by atoms with Gasteiger partial charge in [-0.05, 0) is 67.8 Å². The Bertz CT molecular complexity index is 351. The van der Waals surface area contributed by atoms with Crippen molar-refractivity contribution in [3.63, 3.8) is 0 Å². The summed E-state index contributed by atoms with van der Waals surface area (Å²) in [6, 6.07) is 4.96. The van der Waals surface area contributed by atoms with Gasteiger partial charge in [-0.3, -0.25) is 0 Å². The molecule has 0 aliphatic carbocycles. The van der Waals surface area contributed by atoms with Gasteiger partial charge in [-0.15, -0.1) is 0 Å². The second kappa shape index (κ2) is 4.68. The molecule has 1 aromatic heterocycles. The first kappa shape index (κ1) is 11.2. The van der Waals surface area contributed by atoms with Gasteiger partial charge < -0.3 is 4.90 Å². The van der Waals surface area contributed by atoms with Crippen LogP contribution in [0.4, 0.5) is 5.82 Å². The summed E-state index contributed by atoms with van der Waals surface area (Å²) in [5.74, 6) is 1.15. The lowest BCUT2D eigenvalue weighted by Crippen LogP contribution is -2.38. The van der Waals surface area contributed by atoms with E-state index < -0.39 is 0 Å². The van der Waals surface area contributed by atoms with Crippen LogP contribution in [-0.2, 0) is 0 Å². The van der Waals surface area contributed by atoms with Gasteiger partial charge in [0.1, 0.15) is 5.82 Å². The zero-order valence-corrected chi connectivity index (χ0v) is 11.5. The van der Waals surface area contributed by atoms with Crippen molar-refractivity contribution in [1.82, 2.24) is 4.98 Å². The van der Waals surface area contributed by atoms with Crippen molar-refractivity contribution >= 4 is 28.4 Å². The smallest absolute Gasteiger partial charge is 0.129 e. The molecule has 2 heterocycles. The maximum absolute atomic E-state index is 4.67. The molecule has 2 nitrogen and oxygen atoms in total. The molecular weight excluding hydrogens is 299 g/mol. The molecule has 0 N–H and O–H groups in total. The summed E-state index contributed by atoms with van der Waals surface area (Å²) >= 11 is 2.34. The first-order valence-corrected chi connectivity index (χ1v) is 6.66. The van der Waals surface area contributed by atoms with E-state index in [4.69, 9.17) is 0 Å². The highest BCUT2D eigenvalue weighted by Crippen LogP contribution is 2.24. The molecule has 0 spiro atoms. The van der Waals surface area contributed by atoms with E-state index in [-0.39, 0.29) is 0 Å². The zero-order valence-electron chi connectivity index (χ0n) is 9.33. The van der Waals surface area contributed by atoms with Gasteiger partial charge in [-0.1, -0.05) is 0 Å². The third-order valence-electron chi connectivity index (χ3n) is 3.10. The molecule has 1 saturated heterocycles. The van der Waals surface area contributed by atoms with E-state index in [0.29, 0.717) is 6.04 Å². The zero-order chi connectivity index (χ0) is 10.8. The Balaban J connectivity index is 2.24. The van der Waals surface area contributed by atoms with Gasteiger partial charge in [0.25, 0.3) is 0 Å². The standard InChI is InChI=1S/C12H17IN2/c1-9-5-3-4-8-15(9)12-7-6-11(13)10(2)14-12/h6-7,9H,3-5,8H2,1-2H3. The van der Waals surface area contributed by atoms with Gasteiger partial charge in [0.05, 0.1) is 5.69 Å². The topological polar surface area (TPSA) is 16.1 Å². The van der Waals surface area contributed by atoms with E-state index in [1.165, 1.54) is 22.8 Å². The van der Waals surface area contributed by atoms with Crippen LogP contribution in [0.25, 0.3) is 0 Å². The molecule has 1 unspecified atom stereocenters. The number of hydrogen-bond acceptors (Lipinski definition) is 2. The first-order chi connectivity index (χ1) is 7.18. The van der Waals surface area contributed by atoms with Gasteiger partial charge in [-0.25, -0.2) is 4.98 Å². The SMILES string of the molecule is Cc1nc(N2CCCCC2C)ccc1I. The van der Waals surface area contributed by atoms with Crippen LogP contribution >= 0.6 is 22.6 Å². The van der Waals surface area contributed by atoms with Crippen LogP contribution in [0.1, 0.15) is 31.9 Å². The minimum atomic E-state index is 0.644. The number of anilines is 1. The van der Waals surface area contributed by atoms with E-state index >= 15 is 0 Å². The van der Waals surface area contributed by atoms with Gasteiger partial charge in [0.2, 0.25) is 0 Å². The van der Waals surface area contributed by atoms with E-state index in [1.54, 1.807) is 0 Å². The predicted molar refractivity (Wildman–Crippen MR) is 72.4 cm³/mol. The molecule has 3 heteroatoms. The third-order valence-corrected chi connectivity index (χ3v) is 4.24. The summed E-state index contributed by atoms with van der Waals surface area (Å²) in [7, 11) is 0. The maximum Gasteiger partial charge on any atom is 0.129 e. The summed E-state index contributed by atoms with van der Waals surface area (Å²) in [6.07, 6.45) is 3.96. The van der Waals surface area contributed by atoms with Crippen molar-refractivity contribution in [3.05, 3.63) is 21.4 Å². The van der Waals surface area contributed by atoms with Crippen molar-refractivity contribution in [2.75, 3.05) is 11.4 Å². The Hall–Kier alpha value is -0.320. The fraction of sp³-hybridized carbons (Fsp3) is 0.583. The average Bonchev–Trinajstić information content (AvgIpc) is 2.23. The maximum atomic E-state index is 4.67. The summed E-state index contributed by atoms with van der Waals surface area (Å²) in [4.78, 5) is 7.10. The molecule has 0 aromatic carbocycles. The number of rotatable bonds is 1. The summed E-state index contributed by atoms with van der Waals surface area (Å²) < 4.78 is 1.25. The minimum Gasteiger partial charge on any atom is -0.354 e. The molecule has 0 amide bonds. The monoisotopic (exact) mass is 316 g/mol. The van der Waals surface area contributed by atoms with Gasteiger partial charge in [0, 0.05) is 16.2 Å². The highest BCUT2D eigenvalue weighted by atomic mass is 127. The van der Waals surface area contributed by atoms with Crippen molar-refractivity contribution < 1.29 is 0 Å². The van der Waals surface area contributed by atoms with Gasteiger partial charge in [-0.2, -0.15) is 0 Å². The Kier molecular flexibility index (Phi) is 3.49. The van der Waals surface area contributed by atoms with Crippen LogP contribution in [-0.4, -0.2) is 17.6 Å². The highest BCUT2D eigenvalue weighted by molar-refractivity contribution is 14.1. The van der Waals surface area contributed by atoms with E-state index in [0.717, 1.165) is 18.1 Å². The van der Waals surface area contributed by atoms with Crippen molar-refractivity contribution in [2.45, 2.75) is 39.2 Å². The molecule has 1 aromatic rings. The number of pyridine rings is 1. The molecule has 15 heavy (non-hydrogen) atoms. The van der Waals surface area contributed by atoms with E-state index in [1.807, 2.05) is 0 Å². The van der Waals surface area contributed by atoms with Crippen molar-refractivity contribution in [3.8, 4) is 0 Å². The number of aryl methyl sites for hydroxylation is 1. The summed E-state index contributed by atoms with van der Waals surface area (Å²) in [5.41, 5.74) is 1.14. The number of nitrogens with zero attached hydrogens (tertiary/aromatic N) is 2. The first-order valence-electron chi connectivity index (χ1n) is 5.58. The van der Waals surface area contributed by atoms with Crippen LogP contribution in [0.5, 0.6) is 0 Å². The third kappa shape index (κ3) is 2.44. The largest absolute Gasteiger partial charge is 0.354 e. The Labute approximate surface area is 105 Å². The fourth-order valence-corrected chi connectivity index (χ4v) is 2.43. The molecule has 1 aliphatic heterocycles. The average molecular weight is 316 g/mol. The van der Waals surface area contributed by atoms with Gasteiger partial charge >= 0.3 is 0 Å². The van der Waals surface area contributed by atoms with Crippen LogP contribution in [0.3, 0.4) is 0 Å². The number of piperidine rings is 1. The van der Waals surface area contributed by atoms with Crippen LogP contribution < -0.4 is 4.90 Å². The summed E-state index contributed by atoms with van der Waals surface area (Å²) in [5, 5.41) is 0. The number of aromatic nitrogens is 1. The van der Waals surface area contributed by atoms with E-state index in [2.05, 4.69) is 58.5 Å². The molecule has 1 fully saturated rings. The molecular formula is C12H17IN2. The second-order valence-electron chi connectivity index (χ2n) is 4.27. The van der Waals surface area contributed by atoms with Crippen LogP contribution in [0.2, 0.25) is 0 Å². The molecule has 82 valence electrons. The Morgan fingerprint density at radius 3 is 2.87 bits per heavy atom. The lowest BCUT2D eigenvalue weighted by molar-refractivity contribution is 0.481. The fourth-order valence-electron chi connectivity index (χ4n) is 2.13. The van der Waals surface area contributed by atoms with E-state index in [9.17, 15) is 0 Å². The Morgan fingerprint density at radius 1 is 1.40 bits per heavy atom. The lowest BCUT2D eigenvalue weighted by atomic mass is 10.0. The Morgan fingerprint density at radius 2 is 2.20 bits per heavy atom. The number of halogens is 1. The molecule has 2 rings (SSSR count). The molecule has 0 saturated carbocycles. The molecule has 1 atom stereocenters. The van der Waals surface area contributed by atoms with Crippen LogP contribution in [0.15, 0.2) is 12.1 Å². The lowest BCUT2D eigenvalue weighted by Gasteiger charge is -2.34. The second-order valence-corrected chi connectivity index (χ2v) is 5.44. The highest BCUT2D eigenvalue weighted by Gasteiger charge is 2.19. The summed E-state index contributed by atoms with van der Waals surface area (Å²) in [6.45, 7) is 5.54. The van der Waals surface area contributed by atoms with Crippen LogP contribution in [0, 0.1) is 10.5 Å². The quantitative estimate of drug-likeness (QED) is 0.739. The van der Waals surface area contributed by atoms with Crippen molar-refractivity contribution in [2.24, 2.45) is 0 Å². The number of hydrogen-bond donors (Lipinski definition) is 0. The predicted octanol–water partition coefficient (Wildman–Crippen LogP) is 3.37. The molecule has 0 bridgehead atoms. The minimum absolute atomic E-state index is 0.644. The molecule has 0 radical (unpaired) electrons. The molecule has 1 aliphatic rings. The van der Waals surface area contributed by atoms with Crippen molar-refractivity contribution in [1.29, 1.82) is 0 Å². The van der Waals surface area contributed by atoms with Gasteiger partial charge in [0.15, 0.2) is 0 Å².